The minimum atomic E-state index is -0.927. The first-order valence-corrected chi connectivity index (χ1v) is 5.58. The number of hydrogen-bond acceptors (Lipinski definition) is 3. The molecule has 0 bridgehead atoms. The Morgan fingerprint density at radius 2 is 2.00 bits per heavy atom. The van der Waals surface area contributed by atoms with E-state index >= 15 is 0 Å². The summed E-state index contributed by atoms with van der Waals surface area (Å²) >= 11 is 0. The van der Waals surface area contributed by atoms with Crippen molar-refractivity contribution in [1.29, 1.82) is 5.41 Å². The van der Waals surface area contributed by atoms with Gasteiger partial charge in [-0.2, -0.15) is 0 Å². The van der Waals surface area contributed by atoms with Crippen molar-refractivity contribution in [1.82, 2.24) is 5.32 Å². The topological polar surface area (TPSA) is 125 Å². The van der Waals surface area contributed by atoms with Crippen LogP contribution in [0.4, 0.5) is 0 Å². The molecule has 0 aromatic carbocycles. The Balaban J connectivity index is 2.26. The first kappa shape index (κ1) is 12.8. The molecule has 0 saturated heterocycles. The molecule has 0 aromatic heterocycles. The molecule has 6 heteroatoms. The third kappa shape index (κ3) is 4.06. The predicted octanol–water partition coefficient (Wildman–Crippen LogP) is -0.170. The molecule has 0 heterocycles. The van der Waals surface area contributed by atoms with E-state index in [1.165, 1.54) is 0 Å². The monoisotopic (exact) mass is 228 g/mol. The highest BCUT2D eigenvalue weighted by atomic mass is 16.4. The molecule has 0 aliphatic heterocycles. The van der Waals surface area contributed by atoms with Gasteiger partial charge in [-0.25, -0.2) is 0 Å². The molecule has 1 fully saturated rings. The predicted molar refractivity (Wildman–Crippen MR) is 61.0 cm³/mol. The van der Waals surface area contributed by atoms with Gasteiger partial charge in [0, 0.05) is 6.04 Å². The maximum absolute atomic E-state index is 10.6. The standard InChI is InChI=1S/C10H20N4O2/c11-8(9(15)16)5-6-1-3-7(4-2-6)14-10(12)13/h6-8H,1-5,11H2,(H,15,16)(H4,12,13,14). The van der Waals surface area contributed by atoms with E-state index in [-0.39, 0.29) is 12.0 Å². The number of rotatable bonds is 4. The van der Waals surface area contributed by atoms with Gasteiger partial charge in [0.25, 0.3) is 0 Å². The molecule has 0 amide bonds. The minimum Gasteiger partial charge on any atom is -0.480 e. The van der Waals surface area contributed by atoms with Crippen LogP contribution in [0.2, 0.25) is 0 Å². The number of nitrogens with one attached hydrogen (secondary N) is 2. The van der Waals surface area contributed by atoms with E-state index in [9.17, 15) is 4.79 Å². The summed E-state index contributed by atoms with van der Waals surface area (Å²) in [6, 6.07) is -0.489. The molecule has 1 aliphatic rings. The largest absolute Gasteiger partial charge is 0.480 e. The minimum absolute atomic E-state index is 0.00527. The summed E-state index contributed by atoms with van der Waals surface area (Å²) in [7, 11) is 0. The van der Waals surface area contributed by atoms with Crippen LogP contribution < -0.4 is 16.8 Å². The SMILES string of the molecule is N=C(N)NC1CCC(CC(N)C(=O)O)CC1. The third-order valence-electron chi connectivity index (χ3n) is 3.11. The van der Waals surface area contributed by atoms with E-state index in [4.69, 9.17) is 22.0 Å². The number of aliphatic carboxylic acids is 1. The molecule has 0 spiro atoms. The summed E-state index contributed by atoms with van der Waals surface area (Å²) in [6.45, 7) is 0. The van der Waals surface area contributed by atoms with Gasteiger partial charge in [0.1, 0.15) is 6.04 Å². The van der Waals surface area contributed by atoms with Crippen LogP contribution in [-0.2, 0) is 4.79 Å². The van der Waals surface area contributed by atoms with Gasteiger partial charge in [0.15, 0.2) is 5.96 Å². The average Bonchev–Trinajstić information content (AvgIpc) is 2.20. The Labute approximate surface area is 94.9 Å². The lowest BCUT2D eigenvalue weighted by Gasteiger charge is -2.29. The average molecular weight is 228 g/mol. The van der Waals surface area contributed by atoms with E-state index in [2.05, 4.69) is 5.32 Å². The van der Waals surface area contributed by atoms with Gasteiger partial charge in [-0.05, 0) is 38.0 Å². The fraction of sp³-hybridized carbons (Fsp3) is 0.800. The van der Waals surface area contributed by atoms with Crippen LogP contribution in [0, 0.1) is 11.3 Å². The van der Waals surface area contributed by atoms with Crippen LogP contribution in [0.25, 0.3) is 0 Å². The molecule has 1 atom stereocenters. The summed E-state index contributed by atoms with van der Waals surface area (Å²) in [5.74, 6) is -0.536. The van der Waals surface area contributed by atoms with Crippen molar-refractivity contribution in [2.45, 2.75) is 44.2 Å². The molecule has 6 nitrogen and oxygen atoms in total. The molecular weight excluding hydrogens is 208 g/mol. The molecule has 0 aromatic rings. The van der Waals surface area contributed by atoms with E-state index in [1.807, 2.05) is 0 Å². The van der Waals surface area contributed by atoms with Crippen LogP contribution in [-0.4, -0.2) is 29.1 Å². The molecule has 1 saturated carbocycles. The van der Waals surface area contributed by atoms with Gasteiger partial charge in [-0.1, -0.05) is 0 Å². The Morgan fingerprint density at radius 3 is 2.44 bits per heavy atom. The lowest BCUT2D eigenvalue weighted by atomic mass is 9.82. The van der Waals surface area contributed by atoms with E-state index in [1.54, 1.807) is 0 Å². The second kappa shape index (κ2) is 5.69. The Bertz CT molecular complexity index is 262. The quantitative estimate of drug-likeness (QED) is 0.337. The van der Waals surface area contributed by atoms with Crippen molar-refractivity contribution in [2.24, 2.45) is 17.4 Å². The van der Waals surface area contributed by atoms with Crippen LogP contribution in [0.5, 0.6) is 0 Å². The number of carbonyl (C=O) groups is 1. The van der Waals surface area contributed by atoms with Crippen LogP contribution in [0.15, 0.2) is 0 Å². The van der Waals surface area contributed by atoms with Crippen LogP contribution >= 0.6 is 0 Å². The smallest absolute Gasteiger partial charge is 0.320 e. The van der Waals surface area contributed by atoms with Gasteiger partial charge in [-0.15, -0.1) is 0 Å². The first-order valence-electron chi connectivity index (χ1n) is 5.58. The van der Waals surface area contributed by atoms with Gasteiger partial charge >= 0.3 is 5.97 Å². The molecule has 92 valence electrons. The van der Waals surface area contributed by atoms with Crippen molar-refractivity contribution in [3.8, 4) is 0 Å². The maximum atomic E-state index is 10.6. The van der Waals surface area contributed by atoms with Crippen molar-refractivity contribution in [3.05, 3.63) is 0 Å². The van der Waals surface area contributed by atoms with Crippen molar-refractivity contribution in [2.75, 3.05) is 0 Å². The molecule has 16 heavy (non-hydrogen) atoms. The normalized spacial score (nSPS) is 27.1. The number of carboxylic acid groups (broad SMARTS) is 1. The number of hydrogen-bond donors (Lipinski definition) is 5. The molecular formula is C10H20N4O2. The molecule has 0 radical (unpaired) electrons. The fourth-order valence-corrected chi connectivity index (χ4v) is 2.22. The van der Waals surface area contributed by atoms with Crippen LogP contribution in [0.3, 0.4) is 0 Å². The second-order valence-corrected chi connectivity index (χ2v) is 4.46. The zero-order valence-electron chi connectivity index (χ0n) is 9.28. The first-order chi connectivity index (χ1) is 7.49. The van der Waals surface area contributed by atoms with Crippen molar-refractivity contribution >= 4 is 11.9 Å². The Kier molecular flexibility index (Phi) is 4.54. The Morgan fingerprint density at radius 1 is 1.44 bits per heavy atom. The van der Waals surface area contributed by atoms with Gasteiger partial charge in [0.2, 0.25) is 0 Å². The van der Waals surface area contributed by atoms with E-state index in [0.717, 1.165) is 25.7 Å². The van der Waals surface area contributed by atoms with Gasteiger partial charge in [0.05, 0.1) is 0 Å². The van der Waals surface area contributed by atoms with Crippen molar-refractivity contribution < 1.29 is 9.90 Å². The summed E-state index contributed by atoms with van der Waals surface area (Å²) in [5.41, 5.74) is 10.7. The van der Waals surface area contributed by atoms with Crippen molar-refractivity contribution in [3.63, 3.8) is 0 Å². The number of nitrogens with two attached hydrogens (primary N) is 2. The lowest BCUT2D eigenvalue weighted by Crippen LogP contribution is -2.42. The molecule has 7 N–H and O–H groups in total. The zero-order valence-corrected chi connectivity index (χ0v) is 9.28. The summed E-state index contributed by atoms with van der Waals surface area (Å²) in [6.07, 6.45) is 4.30. The summed E-state index contributed by atoms with van der Waals surface area (Å²) in [5, 5.41) is 18.7. The molecule has 1 aliphatic carbocycles. The fourth-order valence-electron chi connectivity index (χ4n) is 2.22. The number of carboxylic acids is 1. The molecule has 1 unspecified atom stereocenters. The summed E-state index contributed by atoms with van der Waals surface area (Å²) < 4.78 is 0. The second-order valence-electron chi connectivity index (χ2n) is 4.46. The number of guanidine groups is 1. The molecule has 1 rings (SSSR count). The highest BCUT2D eigenvalue weighted by Gasteiger charge is 2.24. The van der Waals surface area contributed by atoms with Crippen LogP contribution in [0.1, 0.15) is 32.1 Å². The summed E-state index contributed by atoms with van der Waals surface area (Å²) in [4.78, 5) is 10.6. The maximum Gasteiger partial charge on any atom is 0.320 e. The highest BCUT2D eigenvalue weighted by Crippen LogP contribution is 2.27. The van der Waals surface area contributed by atoms with E-state index in [0.29, 0.717) is 12.3 Å². The van der Waals surface area contributed by atoms with E-state index < -0.39 is 12.0 Å². The lowest BCUT2D eigenvalue weighted by molar-refractivity contribution is -0.139. The highest BCUT2D eigenvalue weighted by molar-refractivity contribution is 5.74. The zero-order chi connectivity index (χ0) is 12.1. The Hall–Kier alpha value is -1.30. The third-order valence-corrected chi connectivity index (χ3v) is 3.11. The van der Waals surface area contributed by atoms with Gasteiger partial charge < -0.3 is 21.9 Å². The van der Waals surface area contributed by atoms with Gasteiger partial charge in [-0.3, -0.25) is 10.2 Å².